The van der Waals surface area contributed by atoms with E-state index < -0.39 is 17.1 Å². The van der Waals surface area contributed by atoms with Crippen LogP contribution in [-0.4, -0.2) is 14.1 Å². The van der Waals surface area contributed by atoms with Gasteiger partial charge >= 0.3 is 54.8 Å². The average molecular weight is 179 g/mol. The van der Waals surface area contributed by atoms with E-state index in [0.717, 1.165) is 0 Å². The zero-order valence-electron chi connectivity index (χ0n) is 8.55. The van der Waals surface area contributed by atoms with Crippen molar-refractivity contribution in [1.29, 1.82) is 0 Å². The number of rotatable bonds is 0. The number of nitrogens with zero attached hydrogens (tertiary/aromatic N) is 1. The van der Waals surface area contributed by atoms with Gasteiger partial charge in [-0.2, -0.15) is 4.09 Å². The molecule has 1 aromatic rings. The van der Waals surface area contributed by atoms with Crippen molar-refractivity contribution in [3.8, 4) is 0 Å². The van der Waals surface area contributed by atoms with E-state index in [2.05, 4.69) is 0 Å². The largest absolute Gasteiger partial charge is 1.00 e. The van der Waals surface area contributed by atoms with Crippen LogP contribution in [0.1, 0.15) is 2.85 Å². The summed E-state index contributed by atoms with van der Waals surface area (Å²) >= 11 is 5.04. The minimum atomic E-state index is -0.949. The first-order valence-electron chi connectivity index (χ1n) is 2.23. The zero-order valence-corrected chi connectivity index (χ0v) is 7.31. The van der Waals surface area contributed by atoms with Crippen molar-refractivity contribution in [3.63, 3.8) is 0 Å². The van der Waals surface area contributed by atoms with Crippen molar-refractivity contribution in [3.05, 3.63) is 31.5 Å². The van der Waals surface area contributed by atoms with E-state index in [9.17, 15) is 14.4 Å². The van der Waals surface area contributed by atoms with Crippen LogP contribution < -0.4 is 54.8 Å². The fraction of sp³-hybridized carbons (Fsp3) is 0. The molecule has 2 N–H and O–H groups in total. The molecule has 9 heteroatoms. The molecule has 0 amide bonds. The van der Waals surface area contributed by atoms with Gasteiger partial charge in [0.1, 0.15) is 0 Å². The maximum atomic E-state index is 10.4. The third kappa shape index (κ3) is 3.10. The molecule has 58 valence electrons. The van der Waals surface area contributed by atoms with Gasteiger partial charge in [-0.3, -0.25) is 9.97 Å². The van der Waals surface area contributed by atoms with Gasteiger partial charge in [0, 0.05) is 11.8 Å². The molecule has 0 atom stereocenters. The van der Waals surface area contributed by atoms with Crippen molar-refractivity contribution in [2.75, 3.05) is 0 Å². The van der Waals surface area contributed by atoms with E-state index in [1.165, 1.54) is 0 Å². The molecule has 0 unspecified atom stereocenters. The fourth-order valence-corrected chi connectivity index (χ4v) is 0.500. The van der Waals surface area contributed by atoms with Crippen LogP contribution in [0.15, 0.2) is 14.4 Å². The molecule has 1 heterocycles. The standard InChI is InChI=1S/C3H2ClN3O3.2Li.2H/c4-7-2(9)5-1(8)6-3(7)10;;;;/h(H2,5,6,8,9,10);;;;/q;2*+1;2*-1. The molecule has 0 spiro atoms. The van der Waals surface area contributed by atoms with E-state index >= 15 is 0 Å². The second-order valence-electron chi connectivity index (χ2n) is 1.47. The Morgan fingerprint density at radius 1 is 1.08 bits per heavy atom. The molecule has 0 fully saturated rings. The Hall–Kier alpha value is -0.105. The number of H-pyrrole nitrogens is 2. The minimum absolute atomic E-state index is 0. The first kappa shape index (κ1) is 14.4. The summed E-state index contributed by atoms with van der Waals surface area (Å²) in [6.07, 6.45) is 0. The number of hydrogen-bond acceptors (Lipinski definition) is 3. The summed E-state index contributed by atoms with van der Waals surface area (Å²) in [6.45, 7) is 0. The Morgan fingerprint density at radius 3 is 1.75 bits per heavy atom. The second kappa shape index (κ2) is 5.52. The van der Waals surface area contributed by atoms with E-state index in [0.29, 0.717) is 0 Å². The van der Waals surface area contributed by atoms with Crippen molar-refractivity contribution < 1.29 is 40.6 Å². The van der Waals surface area contributed by atoms with Crippen LogP contribution in [-0.2, 0) is 0 Å². The number of halogens is 1. The van der Waals surface area contributed by atoms with Gasteiger partial charge in [-0.05, 0) is 0 Å². The molecule has 0 aromatic carbocycles. The molecule has 1 rings (SSSR count). The monoisotopic (exact) mass is 179 g/mol. The smallest absolute Gasteiger partial charge is 1.00 e. The normalized spacial score (nSPS) is 8.08. The summed E-state index contributed by atoms with van der Waals surface area (Å²) in [5.74, 6) is 0. The molecule has 0 aliphatic rings. The van der Waals surface area contributed by atoms with Gasteiger partial charge in [-0.15, -0.1) is 0 Å². The van der Waals surface area contributed by atoms with Crippen molar-refractivity contribution in [2.45, 2.75) is 0 Å². The summed E-state index contributed by atoms with van der Waals surface area (Å²) in [4.78, 5) is 34.6. The molecule has 0 aliphatic heterocycles. The Labute approximate surface area is 97.8 Å². The Bertz CT molecular complexity index is 380. The summed E-state index contributed by atoms with van der Waals surface area (Å²) in [5.41, 5.74) is -2.77. The first-order chi connectivity index (χ1) is 4.61. The van der Waals surface area contributed by atoms with Crippen LogP contribution in [0.4, 0.5) is 0 Å². The number of aromatic amines is 2. The Kier molecular flexibility index (Phi) is 6.64. The average Bonchev–Trinajstić information content (AvgIpc) is 1.82. The predicted molar refractivity (Wildman–Crippen MR) is 35.4 cm³/mol. The molecule has 1 aromatic heterocycles. The van der Waals surface area contributed by atoms with Gasteiger partial charge in [0.25, 0.3) is 0 Å². The SMILES string of the molecule is O=c1[nH]c(=O)n(Cl)c(=O)[nH]1.[H-].[H-].[Li+].[Li+]. The number of aromatic nitrogens is 3. The van der Waals surface area contributed by atoms with Crippen LogP contribution in [0.5, 0.6) is 0 Å². The summed E-state index contributed by atoms with van der Waals surface area (Å²) in [5, 5.41) is 0. The van der Waals surface area contributed by atoms with E-state index in [4.69, 9.17) is 11.8 Å². The molecule has 12 heavy (non-hydrogen) atoms. The number of nitrogens with one attached hydrogen (secondary N) is 2. The number of hydrogen-bond donors (Lipinski definition) is 2. The van der Waals surface area contributed by atoms with Gasteiger partial charge in [0.05, 0.1) is 0 Å². The van der Waals surface area contributed by atoms with Gasteiger partial charge in [-0.1, -0.05) is 0 Å². The molecule has 6 nitrogen and oxygen atoms in total. The van der Waals surface area contributed by atoms with Crippen molar-refractivity contribution in [1.82, 2.24) is 14.1 Å². The summed E-state index contributed by atoms with van der Waals surface area (Å²) < 4.78 is 0.238. The molecular formula is C3H4ClLi2N3O3. The van der Waals surface area contributed by atoms with Gasteiger partial charge < -0.3 is 2.85 Å². The van der Waals surface area contributed by atoms with Crippen molar-refractivity contribution in [2.24, 2.45) is 0 Å². The van der Waals surface area contributed by atoms with Gasteiger partial charge in [0.15, 0.2) is 0 Å². The Morgan fingerprint density at radius 2 is 1.42 bits per heavy atom. The van der Waals surface area contributed by atoms with Crippen LogP contribution in [0.25, 0.3) is 0 Å². The molecule has 0 radical (unpaired) electrons. The molecule has 0 aliphatic carbocycles. The maximum Gasteiger partial charge on any atom is 1.00 e. The van der Waals surface area contributed by atoms with Crippen LogP contribution in [0, 0.1) is 0 Å². The van der Waals surface area contributed by atoms with E-state index in [1.807, 2.05) is 0 Å². The van der Waals surface area contributed by atoms with Crippen LogP contribution in [0.2, 0.25) is 0 Å². The molecular weight excluding hydrogens is 175 g/mol. The topological polar surface area (TPSA) is 87.7 Å². The third-order valence-corrected chi connectivity index (χ3v) is 1.10. The quantitative estimate of drug-likeness (QED) is 0.388. The summed E-state index contributed by atoms with van der Waals surface area (Å²) in [6, 6.07) is 0. The Balaban J connectivity index is -0.000000125. The molecule has 0 saturated carbocycles. The van der Waals surface area contributed by atoms with E-state index in [-0.39, 0.29) is 44.7 Å². The van der Waals surface area contributed by atoms with Gasteiger partial charge in [-0.25, -0.2) is 14.4 Å². The summed E-state index contributed by atoms with van der Waals surface area (Å²) in [7, 11) is 0. The molecule has 0 saturated heterocycles. The molecule has 0 bridgehead atoms. The van der Waals surface area contributed by atoms with Gasteiger partial charge in [0.2, 0.25) is 0 Å². The fourth-order valence-electron chi connectivity index (χ4n) is 0.416. The zero-order chi connectivity index (χ0) is 7.72. The predicted octanol–water partition coefficient (Wildman–Crippen LogP) is -7.54. The van der Waals surface area contributed by atoms with Crippen LogP contribution >= 0.6 is 11.8 Å². The van der Waals surface area contributed by atoms with Crippen molar-refractivity contribution >= 4 is 11.8 Å². The third-order valence-electron chi connectivity index (χ3n) is 0.798. The first-order valence-corrected chi connectivity index (χ1v) is 2.57. The minimum Gasteiger partial charge on any atom is -1.00 e. The maximum absolute atomic E-state index is 10.4. The second-order valence-corrected chi connectivity index (χ2v) is 1.81. The van der Waals surface area contributed by atoms with E-state index in [1.54, 1.807) is 9.97 Å². The van der Waals surface area contributed by atoms with Crippen LogP contribution in [0.3, 0.4) is 0 Å².